The van der Waals surface area contributed by atoms with Crippen LogP contribution in [0.3, 0.4) is 0 Å². The Bertz CT molecular complexity index is 1290. The topological polar surface area (TPSA) is 77.0 Å². The minimum Gasteiger partial charge on any atom is -0.488 e. The number of benzene rings is 1. The van der Waals surface area contributed by atoms with Crippen LogP contribution in [-0.4, -0.2) is 21.1 Å². The number of rotatable bonds is 7. The summed E-state index contributed by atoms with van der Waals surface area (Å²) in [6, 6.07) is 13.0. The van der Waals surface area contributed by atoms with Gasteiger partial charge in [0.25, 0.3) is 5.56 Å². The summed E-state index contributed by atoms with van der Waals surface area (Å²) < 4.78 is 7.08. The Hall–Kier alpha value is -3.19. The highest BCUT2D eigenvalue weighted by Gasteiger charge is 2.16. The van der Waals surface area contributed by atoms with Gasteiger partial charge in [-0.1, -0.05) is 44.2 Å². The van der Waals surface area contributed by atoms with Crippen LogP contribution in [0.1, 0.15) is 30.8 Å². The van der Waals surface area contributed by atoms with Crippen LogP contribution in [0.4, 0.5) is 0 Å². The number of nitrogens with one attached hydrogen (secondary N) is 1. The average molecular weight is 422 g/mol. The first kappa shape index (κ1) is 20.1. The summed E-state index contributed by atoms with van der Waals surface area (Å²) in [6.45, 7) is 4.75. The summed E-state index contributed by atoms with van der Waals surface area (Å²) in [4.78, 5) is 35.5. The zero-order chi connectivity index (χ0) is 21.1. The molecule has 154 valence electrons. The average Bonchev–Trinajstić information content (AvgIpc) is 3.19. The third-order valence-corrected chi connectivity index (χ3v) is 5.98. The maximum Gasteiger partial charge on any atom is 0.262 e. The van der Waals surface area contributed by atoms with Crippen LogP contribution in [0.25, 0.3) is 21.6 Å². The number of aromatic amines is 1. The second kappa shape index (κ2) is 8.67. The summed E-state index contributed by atoms with van der Waals surface area (Å²) in [5.74, 6) is 0.875. The van der Waals surface area contributed by atoms with Crippen molar-refractivity contribution in [2.75, 3.05) is 6.61 Å². The number of thiophene rings is 1. The van der Waals surface area contributed by atoms with Crippen molar-refractivity contribution >= 4 is 21.6 Å². The van der Waals surface area contributed by atoms with Gasteiger partial charge < -0.3 is 9.72 Å². The van der Waals surface area contributed by atoms with Crippen molar-refractivity contribution in [3.63, 3.8) is 0 Å². The van der Waals surface area contributed by atoms with Gasteiger partial charge in [-0.3, -0.25) is 14.2 Å². The quantitative estimate of drug-likeness (QED) is 0.485. The van der Waals surface area contributed by atoms with Crippen LogP contribution in [0.5, 0.6) is 5.75 Å². The van der Waals surface area contributed by atoms with E-state index in [9.17, 15) is 9.59 Å². The SMILES string of the molecule is CCCOc1c[nH]c(Cn2c(-c3ccccc3)nc3sc(CC)cc3c2=O)cc1=O. The van der Waals surface area contributed by atoms with E-state index >= 15 is 0 Å². The van der Waals surface area contributed by atoms with Gasteiger partial charge >= 0.3 is 0 Å². The summed E-state index contributed by atoms with van der Waals surface area (Å²) in [5.41, 5.74) is 1.16. The molecule has 0 spiro atoms. The van der Waals surface area contributed by atoms with Gasteiger partial charge in [0.05, 0.1) is 18.5 Å². The van der Waals surface area contributed by atoms with Crippen LogP contribution in [-0.2, 0) is 13.0 Å². The lowest BCUT2D eigenvalue weighted by Crippen LogP contribution is -2.24. The smallest absolute Gasteiger partial charge is 0.262 e. The highest BCUT2D eigenvalue weighted by molar-refractivity contribution is 7.18. The second-order valence-corrected chi connectivity index (χ2v) is 8.13. The van der Waals surface area contributed by atoms with Crippen molar-refractivity contribution in [1.82, 2.24) is 14.5 Å². The molecule has 4 aromatic rings. The molecule has 4 rings (SSSR count). The number of hydrogen-bond acceptors (Lipinski definition) is 5. The van der Waals surface area contributed by atoms with Gasteiger partial charge in [0.1, 0.15) is 10.7 Å². The van der Waals surface area contributed by atoms with Gasteiger partial charge in [-0.2, -0.15) is 0 Å². The van der Waals surface area contributed by atoms with Gasteiger partial charge in [-0.05, 0) is 18.9 Å². The molecule has 6 nitrogen and oxygen atoms in total. The monoisotopic (exact) mass is 421 g/mol. The van der Waals surface area contributed by atoms with E-state index in [4.69, 9.17) is 9.72 Å². The highest BCUT2D eigenvalue weighted by Crippen LogP contribution is 2.25. The molecule has 0 atom stereocenters. The molecule has 3 heterocycles. The Labute approximate surface area is 177 Å². The predicted octanol–water partition coefficient (Wildman–Crippen LogP) is 4.21. The van der Waals surface area contributed by atoms with Crippen molar-refractivity contribution in [3.8, 4) is 17.1 Å². The van der Waals surface area contributed by atoms with Crippen LogP contribution in [0.2, 0.25) is 0 Å². The molecule has 0 amide bonds. The lowest BCUT2D eigenvalue weighted by molar-refractivity contribution is 0.313. The Balaban J connectivity index is 1.83. The molecule has 0 unspecified atom stereocenters. The molecule has 0 bridgehead atoms. The minimum absolute atomic E-state index is 0.109. The Morgan fingerprint density at radius 1 is 1.13 bits per heavy atom. The Kier molecular flexibility index (Phi) is 5.81. The zero-order valence-electron chi connectivity index (χ0n) is 17.0. The molecule has 1 aromatic carbocycles. The van der Waals surface area contributed by atoms with E-state index in [1.54, 1.807) is 22.1 Å². The molecular formula is C23H23N3O3S. The molecule has 0 aliphatic rings. The Morgan fingerprint density at radius 3 is 2.63 bits per heavy atom. The number of ether oxygens (including phenoxy) is 1. The first-order chi connectivity index (χ1) is 14.6. The molecule has 0 aliphatic heterocycles. The van der Waals surface area contributed by atoms with E-state index in [0.717, 1.165) is 28.1 Å². The van der Waals surface area contributed by atoms with E-state index in [1.807, 2.05) is 43.3 Å². The molecule has 0 fully saturated rings. The Morgan fingerprint density at radius 2 is 1.93 bits per heavy atom. The molecule has 7 heteroatoms. The highest BCUT2D eigenvalue weighted by atomic mass is 32.1. The van der Waals surface area contributed by atoms with Crippen molar-refractivity contribution in [1.29, 1.82) is 0 Å². The molecule has 0 aliphatic carbocycles. The fraction of sp³-hybridized carbons (Fsp3) is 0.261. The molecule has 0 radical (unpaired) electrons. The van der Waals surface area contributed by atoms with Crippen molar-refractivity contribution in [2.24, 2.45) is 0 Å². The molecular weight excluding hydrogens is 398 g/mol. The van der Waals surface area contributed by atoms with E-state index in [1.165, 1.54) is 6.07 Å². The molecule has 3 aromatic heterocycles. The van der Waals surface area contributed by atoms with Crippen LogP contribution >= 0.6 is 11.3 Å². The number of aryl methyl sites for hydroxylation is 1. The first-order valence-corrected chi connectivity index (χ1v) is 10.9. The number of fused-ring (bicyclic) bond motifs is 1. The van der Waals surface area contributed by atoms with Crippen molar-refractivity contribution < 1.29 is 4.74 Å². The largest absolute Gasteiger partial charge is 0.488 e. The standard InChI is InChI=1S/C23H23N3O3S/c1-3-10-29-20-13-24-16(11-19(20)27)14-26-21(15-8-6-5-7-9-15)25-22-18(23(26)28)12-17(4-2)30-22/h5-9,11-13H,3-4,10,14H2,1-2H3,(H,24,27). The van der Waals surface area contributed by atoms with Gasteiger partial charge in [-0.25, -0.2) is 4.98 Å². The fourth-order valence-electron chi connectivity index (χ4n) is 3.28. The summed E-state index contributed by atoms with van der Waals surface area (Å²) in [6.07, 6.45) is 3.24. The van der Waals surface area contributed by atoms with E-state index in [2.05, 4.69) is 11.9 Å². The molecule has 1 N–H and O–H groups in total. The number of hydrogen-bond donors (Lipinski definition) is 1. The summed E-state index contributed by atoms with van der Waals surface area (Å²) in [7, 11) is 0. The summed E-state index contributed by atoms with van der Waals surface area (Å²) >= 11 is 1.55. The molecule has 30 heavy (non-hydrogen) atoms. The zero-order valence-corrected chi connectivity index (χ0v) is 17.8. The third-order valence-electron chi connectivity index (χ3n) is 4.81. The number of aromatic nitrogens is 3. The van der Waals surface area contributed by atoms with Gasteiger partial charge in [0.2, 0.25) is 5.43 Å². The van der Waals surface area contributed by atoms with Gasteiger partial charge in [0, 0.05) is 28.4 Å². The van der Waals surface area contributed by atoms with Gasteiger partial charge in [-0.15, -0.1) is 11.3 Å². The molecule has 0 saturated heterocycles. The van der Waals surface area contributed by atoms with Crippen LogP contribution < -0.4 is 15.7 Å². The maximum absolute atomic E-state index is 13.4. The van der Waals surface area contributed by atoms with Crippen molar-refractivity contribution in [2.45, 2.75) is 33.2 Å². The predicted molar refractivity (Wildman–Crippen MR) is 121 cm³/mol. The number of pyridine rings is 1. The lowest BCUT2D eigenvalue weighted by atomic mass is 10.2. The third kappa shape index (κ3) is 3.93. The normalized spacial score (nSPS) is 11.1. The van der Waals surface area contributed by atoms with E-state index in [0.29, 0.717) is 23.5 Å². The summed E-state index contributed by atoms with van der Waals surface area (Å²) in [5, 5.41) is 0.613. The minimum atomic E-state index is -0.204. The lowest BCUT2D eigenvalue weighted by Gasteiger charge is -2.13. The van der Waals surface area contributed by atoms with E-state index < -0.39 is 0 Å². The second-order valence-electron chi connectivity index (χ2n) is 7.01. The molecule has 0 saturated carbocycles. The van der Waals surface area contributed by atoms with Crippen LogP contribution in [0, 0.1) is 0 Å². The van der Waals surface area contributed by atoms with Crippen LogP contribution in [0.15, 0.2) is 58.3 Å². The van der Waals surface area contributed by atoms with E-state index in [-0.39, 0.29) is 23.3 Å². The van der Waals surface area contributed by atoms with Crippen molar-refractivity contribution in [3.05, 3.63) is 79.8 Å². The number of H-pyrrole nitrogens is 1. The fourth-order valence-corrected chi connectivity index (χ4v) is 4.24. The van der Waals surface area contributed by atoms with Gasteiger partial charge in [0.15, 0.2) is 5.75 Å². The maximum atomic E-state index is 13.4. The first-order valence-electron chi connectivity index (χ1n) is 10.0. The number of nitrogens with zero attached hydrogens (tertiary/aromatic N) is 2.